The summed E-state index contributed by atoms with van der Waals surface area (Å²) < 4.78 is 4.97. The molecule has 0 aromatic heterocycles. The van der Waals surface area contributed by atoms with E-state index in [9.17, 15) is 19.2 Å². The zero-order valence-corrected chi connectivity index (χ0v) is 17.6. The predicted molar refractivity (Wildman–Crippen MR) is 111 cm³/mol. The minimum Gasteiger partial charge on any atom is -0.454 e. The second kappa shape index (κ2) is 8.73. The van der Waals surface area contributed by atoms with E-state index in [2.05, 4.69) is 10.6 Å². The molecule has 9 nitrogen and oxygen atoms in total. The number of hydrogen-bond acceptors (Lipinski definition) is 6. The number of urea groups is 1. The van der Waals surface area contributed by atoms with Crippen LogP contribution in [0.15, 0.2) is 24.3 Å². The fraction of sp³-hybridized carbons (Fsp3) is 0.524. The summed E-state index contributed by atoms with van der Waals surface area (Å²) in [6.45, 7) is 0.929. The largest absolute Gasteiger partial charge is 0.454 e. The van der Waals surface area contributed by atoms with E-state index < -0.39 is 36.6 Å². The van der Waals surface area contributed by atoms with Crippen LogP contribution in [0.1, 0.15) is 32.6 Å². The molecule has 0 unspecified atom stereocenters. The number of imide groups is 1. The molecular formula is C21H28N4O5. The Morgan fingerprint density at radius 3 is 2.57 bits per heavy atom. The Kier molecular flexibility index (Phi) is 6.28. The van der Waals surface area contributed by atoms with Gasteiger partial charge in [-0.1, -0.05) is 19.8 Å². The number of rotatable bonds is 6. The molecule has 0 radical (unpaired) electrons. The Hall–Kier alpha value is -3.10. The minimum absolute atomic E-state index is 0.00776. The van der Waals surface area contributed by atoms with E-state index in [0.29, 0.717) is 12.1 Å². The van der Waals surface area contributed by atoms with E-state index in [1.165, 1.54) is 0 Å². The minimum atomic E-state index is -0.925. The van der Waals surface area contributed by atoms with Crippen LogP contribution in [-0.2, 0) is 19.1 Å². The molecule has 1 heterocycles. The zero-order valence-electron chi connectivity index (χ0n) is 17.6. The number of carbonyl (C=O) groups is 4. The van der Waals surface area contributed by atoms with Gasteiger partial charge in [-0.2, -0.15) is 0 Å². The number of nitrogens with one attached hydrogen (secondary N) is 2. The van der Waals surface area contributed by atoms with Gasteiger partial charge >= 0.3 is 12.0 Å². The fourth-order valence-electron chi connectivity index (χ4n) is 4.00. The standard InChI is InChI=1S/C21H28N4O5/c1-14-6-4-5-11-21(14)19(28)25(20(29)23-21)12-18(27)30-13-17(26)22-15-7-9-16(10-8-15)24(2)3/h7-10,14H,4-6,11-13H2,1-3H3,(H,22,26)(H,23,29)/t14-,21-/m1/s1. The Bertz CT molecular complexity index is 838. The summed E-state index contributed by atoms with van der Waals surface area (Å²) in [5, 5.41) is 5.41. The first-order valence-electron chi connectivity index (χ1n) is 10.1. The van der Waals surface area contributed by atoms with Crippen molar-refractivity contribution in [2.24, 2.45) is 5.92 Å². The third kappa shape index (κ3) is 4.39. The molecule has 30 heavy (non-hydrogen) atoms. The normalized spacial score (nSPS) is 23.3. The van der Waals surface area contributed by atoms with Crippen molar-refractivity contribution < 1.29 is 23.9 Å². The molecule has 1 aliphatic carbocycles. The molecule has 3 rings (SSSR count). The molecule has 1 saturated heterocycles. The number of benzene rings is 1. The van der Waals surface area contributed by atoms with Gasteiger partial charge in [-0.05, 0) is 43.0 Å². The van der Waals surface area contributed by atoms with E-state index in [-0.39, 0.29) is 11.8 Å². The maximum absolute atomic E-state index is 12.8. The van der Waals surface area contributed by atoms with Crippen LogP contribution in [0.2, 0.25) is 0 Å². The zero-order chi connectivity index (χ0) is 21.9. The topological polar surface area (TPSA) is 108 Å². The maximum Gasteiger partial charge on any atom is 0.326 e. The van der Waals surface area contributed by atoms with Crippen LogP contribution in [0.3, 0.4) is 0 Å². The Morgan fingerprint density at radius 1 is 1.23 bits per heavy atom. The molecule has 2 atom stereocenters. The van der Waals surface area contributed by atoms with Crippen LogP contribution in [0.4, 0.5) is 16.2 Å². The molecular weight excluding hydrogens is 388 g/mol. The molecule has 1 aliphatic heterocycles. The molecule has 1 aromatic rings. The maximum atomic E-state index is 12.8. The Labute approximate surface area is 175 Å². The number of ether oxygens (including phenoxy) is 1. The predicted octanol–water partition coefficient (Wildman–Crippen LogP) is 1.73. The van der Waals surface area contributed by atoms with Gasteiger partial charge in [0.2, 0.25) is 0 Å². The number of carbonyl (C=O) groups excluding carboxylic acids is 4. The quantitative estimate of drug-likeness (QED) is 0.540. The van der Waals surface area contributed by atoms with Crippen molar-refractivity contribution >= 4 is 35.2 Å². The molecule has 9 heteroatoms. The van der Waals surface area contributed by atoms with E-state index in [1.807, 2.05) is 38.1 Å². The van der Waals surface area contributed by atoms with Gasteiger partial charge in [-0.15, -0.1) is 0 Å². The van der Waals surface area contributed by atoms with Gasteiger partial charge in [0.1, 0.15) is 12.1 Å². The van der Waals surface area contributed by atoms with Crippen molar-refractivity contribution in [1.29, 1.82) is 0 Å². The molecule has 2 N–H and O–H groups in total. The first-order chi connectivity index (χ1) is 14.2. The number of esters is 1. The second-order valence-electron chi connectivity index (χ2n) is 8.09. The van der Waals surface area contributed by atoms with E-state index >= 15 is 0 Å². The van der Waals surface area contributed by atoms with Crippen LogP contribution in [-0.4, -0.2) is 61.5 Å². The number of anilines is 2. The summed E-state index contributed by atoms with van der Waals surface area (Å²) in [7, 11) is 3.82. The van der Waals surface area contributed by atoms with E-state index in [0.717, 1.165) is 29.8 Å². The van der Waals surface area contributed by atoms with Crippen LogP contribution < -0.4 is 15.5 Å². The van der Waals surface area contributed by atoms with Gasteiger partial charge in [0, 0.05) is 25.5 Å². The van der Waals surface area contributed by atoms with Crippen molar-refractivity contribution in [3.8, 4) is 0 Å². The van der Waals surface area contributed by atoms with Crippen LogP contribution in [0.5, 0.6) is 0 Å². The molecule has 1 saturated carbocycles. The van der Waals surface area contributed by atoms with E-state index in [4.69, 9.17) is 4.74 Å². The van der Waals surface area contributed by atoms with Gasteiger partial charge in [-0.25, -0.2) is 4.79 Å². The van der Waals surface area contributed by atoms with Crippen LogP contribution in [0.25, 0.3) is 0 Å². The molecule has 4 amide bonds. The van der Waals surface area contributed by atoms with Crippen LogP contribution in [0, 0.1) is 5.92 Å². The average molecular weight is 416 g/mol. The summed E-state index contributed by atoms with van der Waals surface area (Å²) >= 11 is 0. The highest BCUT2D eigenvalue weighted by Crippen LogP contribution is 2.38. The summed E-state index contributed by atoms with van der Waals surface area (Å²) in [5.41, 5.74) is 0.633. The number of hydrogen-bond donors (Lipinski definition) is 2. The fourth-order valence-corrected chi connectivity index (χ4v) is 4.00. The third-order valence-corrected chi connectivity index (χ3v) is 5.82. The highest BCUT2D eigenvalue weighted by Gasteiger charge is 2.55. The lowest BCUT2D eigenvalue weighted by atomic mass is 9.73. The van der Waals surface area contributed by atoms with Crippen molar-refractivity contribution in [1.82, 2.24) is 10.2 Å². The summed E-state index contributed by atoms with van der Waals surface area (Å²) in [4.78, 5) is 52.1. The summed E-state index contributed by atoms with van der Waals surface area (Å²) in [6, 6.07) is 6.60. The van der Waals surface area contributed by atoms with Gasteiger partial charge < -0.3 is 20.3 Å². The lowest BCUT2D eigenvalue weighted by Crippen LogP contribution is -2.54. The average Bonchev–Trinajstić information content (AvgIpc) is 2.94. The van der Waals surface area contributed by atoms with Gasteiger partial charge in [-0.3, -0.25) is 19.3 Å². The number of amides is 4. The van der Waals surface area contributed by atoms with Gasteiger partial charge in [0.05, 0.1) is 0 Å². The lowest BCUT2D eigenvalue weighted by Gasteiger charge is -2.36. The first kappa shape index (κ1) is 21.6. The Morgan fingerprint density at radius 2 is 1.93 bits per heavy atom. The van der Waals surface area contributed by atoms with Gasteiger partial charge in [0.25, 0.3) is 11.8 Å². The van der Waals surface area contributed by atoms with Crippen molar-refractivity contribution in [2.45, 2.75) is 38.1 Å². The highest BCUT2D eigenvalue weighted by atomic mass is 16.5. The molecule has 162 valence electrons. The third-order valence-electron chi connectivity index (χ3n) is 5.82. The molecule has 0 bridgehead atoms. The number of nitrogens with zero attached hydrogens (tertiary/aromatic N) is 2. The SMILES string of the molecule is C[C@@H]1CCCC[C@@]12NC(=O)N(CC(=O)OCC(=O)Nc1ccc(N(C)C)cc1)C2=O. The monoisotopic (exact) mass is 416 g/mol. The molecule has 2 fully saturated rings. The smallest absolute Gasteiger partial charge is 0.326 e. The second-order valence-corrected chi connectivity index (χ2v) is 8.09. The van der Waals surface area contributed by atoms with E-state index in [1.54, 1.807) is 12.1 Å². The van der Waals surface area contributed by atoms with Crippen LogP contribution >= 0.6 is 0 Å². The van der Waals surface area contributed by atoms with Crippen molar-refractivity contribution in [2.75, 3.05) is 37.5 Å². The molecule has 1 aromatic carbocycles. The lowest BCUT2D eigenvalue weighted by molar-refractivity contribution is -0.150. The highest BCUT2D eigenvalue weighted by molar-refractivity contribution is 6.09. The molecule has 1 spiro atoms. The van der Waals surface area contributed by atoms with Gasteiger partial charge in [0.15, 0.2) is 6.61 Å². The first-order valence-corrected chi connectivity index (χ1v) is 10.1. The van der Waals surface area contributed by atoms with Crippen molar-refractivity contribution in [3.05, 3.63) is 24.3 Å². The summed E-state index contributed by atoms with van der Waals surface area (Å²) in [6.07, 6.45) is 3.28. The Balaban J connectivity index is 1.50. The van der Waals surface area contributed by atoms with Crippen molar-refractivity contribution in [3.63, 3.8) is 0 Å². The summed E-state index contributed by atoms with van der Waals surface area (Å²) in [5.74, 6) is -1.69. The molecule has 2 aliphatic rings.